The SMILES string of the molecule is COC(=O)C1=C2Nc3cc(OC)ccc3[C@@]23CCN2C[C@]4(O[C@@H]4C)[C@@H]1C[C@H]23. The fourth-order valence-electron chi connectivity index (χ4n) is 6.50. The van der Waals surface area contributed by atoms with Crippen LogP contribution in [0.15, 0.2) is 29.5 Å². The second kappa shape index (κ2) is 4.86. The molecule has 6 rings (SSSR count). The molecule has 4 heterocycles. The number of benzene rings is 1. The van der Waals surface area contributed by atoms with Crippen molar-refractivity contribution in [2.75, 3.05) is 32.6 Å². The number of epoxide rings is 1. The molecule has 4 aliphatic heterocycles. The Morgan fingerprint density at radius 3 is 2.89 bits per heavy atom. The van der Waals surface area contributed by atoms with Gasteiger partial charge >= 0.3 is 5.97 Å². The van der Waals surface area contributed by atoms with Crippen molar-refractivity contribution in [1.29, 1.82) is 0 Å². The van der Waals surface area contributed by atoms with E-state index in [0.29, 0.717) is 6.04 Å². The van der Waals surface area contributed by atoms with E-state index in [-0.39, 0.29) is 29.0 Å². The molecule has 3 saturated heterocycles. The van der Waals surface area contributed by atoms with Crippen molar-refractivity contribution in [1.82, 2.24) is 4.90 Å². The van der Waals surface area contributed by atoms with Gasteiger partial charge in [-0.1, -0.05) is 6.07 Å². The van der Waals surface area contributed by atoms with Gasteiger partial charge in [-0.05, 0) is 37.9 Å². The Kier molecular flexibility index (Phi) is 2.87. The number of anilines is 1. The normalized spacial score (nSPS) is 40.5. The number of hydrogen-bond donors (Lipinski definition) is 1. The van der Waals surface area contributed by atoms with E-state index in [1.54, 1.807) is 7.11 Å². The molecule has 1 aromatic carbocycles. The molecule has 5 aliphatic rings. The lowest BCUT2D eigenvalue weighted by molar-refractivity contribution is -0.138. The van der Waals surface area contributed by atoms with Crippen LogP contribution in [0.25, 0.3) is 0 Å². The van der Waals surface area contributed by atoms with Crippen molar-refractivity contribution in [3.63, 3.8) is 0 Å². The van der Waals surface area contributed by atoms with Crippen LogP contribution in [0.3, 0.4) is 0 Å². The summed E-state index contributed by atoms with van der Waals surface area (Å²) >= 11 is 0. The zero-order valence-electron chi connectivity index (χ0n) is 15.9. The third kappa shape index (κ3) is 1.68. The maximum absolute atomic E-state index is 13.0. The van der Waals surface area contributed by atoms with E-state index in [0.717, 1.165) is 48.6 Å². The van der Waals surface area contributed by atoms with E-state index in [2.05, 4.69) is 23.2 Å². The summed E-state index contributed by atoms with van der Waals surface area (Å²) < 4.78 is 16.8. The molecule has 0 aromatic heterocycles. The highest BCUT2D eigenvalue weighted by Crippen LogP contribution is 2.65. The Balaban J connectivity index is 1.62. The Bertz CT molecular complexity index is 911. The maximum Gasteiger partial charge on any atom is 0.335 e. The molecule has 2 bridgehead atoms. The molecule has 27 heavy (non-hydrogen) atoms. The van der Waals surface area contributed by atoms with Crippen LogP contribution in [0, 0.1) is 5.92 Å². The minimum Gasteiger partial charge on any atom is -0.497 e. The highest BCUT2D eigenvalue weighted by Gasteiger charge is 2.72. The second-order valence-electron chi connectivity index (χ2n) is 8.53. The number of methoxy groups -OCH3 is 2. The summed E-state index contributed by atoms with van der Waals surface area (Å²) in [6.07, 6.45) is 2.14. The van der Waals surface area contributed by atoms with E-state index in [9.17, 15) is 4.79 Å². The van der Waals surface area contributed by atoms with Crippen LogP contribution < -0.4 is 10.1 Å². The number of ether oxygens (including phenoxy) is 3. The van der Waals surface area contributed by atoms with Crippen LogP contribution in [0.5, 0.6) is 5.75 Å². The smallest absolute Gasteiger partial charge is 0.335 e. The number of carbonyl (C=O) groups excluding carboxylic acids is 1. The van der Waals surface area contributed by atoms with Crippen molar-refractivity contribution in [2.45, 2.75) is 42.9 Å². The first-order valence-electron chi connectivity index (χ1n) is 9.75. The van der Waals surface area contributed by atoms with Crippen molar-refractivity contribution in [3.8, 4) is 5.75 Å². The summed E-state index contributed by atoms with van der Waals surface area (Å²) in [5, 5.41) is 3.62. The minimum atomic E-state index is -0.238. The third-order valence-corrected chi connectivity index (χ3v) is 7.77. The summed E-state index contributed by atoms with van der Waals surface area (Å²) in [5.41, 5.74) is 3.79. The van der Waals surface area contributed by atoms with E-state index < -0.39 is 0 Å². The Morgan fingerprint density at radius 1 is 1.37 bits per heavy atom. The second-order valence-corrected chi connectivity index (χ2v) is 8.53. The quantitative estimate of drug-likeness (QED) is 0.637. The number of nitrogens with one attached hydrogen (secondary N) is 1. The fourth-order valence-corrected chi connectivity index (χ4v) is 6.50. The van der Waals surface area contributed by atoms with E-state index in [1.807, 2.05) is 12.1 Å². The number of piperidine rings is 1. The van der Waals surface area contributed by atoms with E-state index >= 15 is 0 Å². The molecule has 6 nitrogen and oxygen atoms in total. The Morgan fingerprint density at radius 2 is 2.19 bits per heavy atom. The fraction of sp³-hybridized carbons (Fsp3) is 0.571. The molecule has 2 spiro atoms. The summed E-state index contributed by atoms with van der Waals surface area (Å²) in [4.78, 5) is 15.6. The molecule has 5 atom stereocenters. The maximum atomic E-state index is 13.0. The van der Waals surface area contributed by atoms with Gasteiger partial charge in [-0.25, -0.2) is 4.79 Å². The number of rotatable bonds is 2. The van der Waals surface area contributed by atoms with Gasteiger partial charge in [0, 0.05) is 36.0 Å². The van der Waals surface area contributed by atoms with Gasteiger partial charge < -0.3 is 19.5 Å². The van der Waals surface area contributed by atoms with Crippen LogP contribution >= 0.6 is 0 Å². The molecule has 142 valence electrons. The number of fused-ring (bicyclic) bond motifs is 3. The molecular formula is C21H24N2O4. The Hall–Kier alpha value is -2.05. The summed E-state index contributed by atoms with van der Waals surface area (Å²) in [7, 11) is 3.16. The average Bonchev–Trinajstić information content (AvgIpc) is 3.04. The number of esters is 1. The Labute approximate surface area is 158 Å². The van der Waals surface area contributed by atoms with Crippen molar-refractivity contribution < 1.29 is 19.0 Å². The predicted octanol–water partition coefficient (Wildman–Crippen LogP) is 2.05. The van der Waals surface area contributed by atoms with Crippen molar-refractivity contribution in [3.05, 3.63) is 35.0 Å². The molecule has 6 heteroatoms. The topological polar surface area (TPSA) is 63.3 Å². The van der Waals surface area contributed by atoms with Gasteiger partial charge in [0.2, 0.25) is 0 Å². The predicted molar refractivity (Wildman–Crippen MR) is 98.7 cm³/mol. The van der Waals surface area contributed by atoms with Gasteiger partial charge in [0.05, 0.1) is 31.3 Å². The zero-order valence-corrected chi connectivity index (χ0v) is 15.9. The first kappa shape index (κ1) is 16.0. The van der Waals surface area contributed by atoms with Crippen LogP contribution in [0.2, 0.25) is 0 Å². The monoisotopic (exact) mass is 368 g/mol. The van der Waals surface area contributed by atoms with Crippen LogP contribution in [-0.4, -0.2) is 55.9 Å². The molecular weight excluding hydrogens is 344 g/mol. The summed E-state index contributed by atoms with van der Waals surface area (Å²) in [6, 6.07) is 6.65. The minimum absolute atomic E-state index is 0.0890. The molecule has 0 radical (unpaired) electrons. The summed E-state index contributed by atoms with van der Waals surface area (Å²) in [6.45, 7) is 4.06. The van der Waals surface area contributed by atoms with E-state index in [4.69, 9.17) is 14.2 Å². The largest absolute Gasteiger partial charge is 0.497 e. The van der Waals surface area contributed by atoms with Crippen molar-refractivity contribution in [2.24, 2.45) is 5.92 Å². The first-order chi connectivity index (χ1) is 13.0. The number of carbonyl (C=O) groups is 1. The van der Waals surface area contributed by atoms with Gasteiger partial charge in [-0.2, -0.15) is 0 Å². The van der Waals surface area contributed by atoms with Gasteiger partial charge in [-0.15, -0.1) is 0 Å². The number of hydrogen-bond acceptors (Lipinski definition) is 6. The molecule has 0 unspecified atom stereocenters. The van der Waals surface area contributed by atoms with Gasteiger partial charge in [0.1, 0.15) is 11.4 Å². The van der Waals surface area contributed by atoms with Crippen LogP contribution in [0.4, 0.5) is 5.69 Å². The zero-order chi connectivity index (χ0) is 18.6. The average molecular weight is 368 g/mol. The lowest BCUT2D eigenvalue weighted by Gasteiger charge is -2.50. The van der Waals surface area contributed by atoms with Crippen molar-refractivity contribution >= 4 is 11.7 Å². The standard InChI is InChI=1S/C21H24N2O4/c1-11-21(27-11)10-23-7-6-20-13-5-4-12(25-2)8-15(13)22-18(20)17(19(24)26-3)14(21)9-16(20)23/h4-5,8,11,14,16,22H,6-7,9-10H2,1-3H3/t11-,14-,16+,20-,21-/m1/s1. The highest BCUT2D eigenvalue weighted by atomic mass is 16.6. The molecule has 0 amide bonds. The lowest BCUT2D eigenvalue weighted by atomic mass is 9.60. The lowest BCUT2D eigenvalue weighted by Crippen LogP contribution is -2.59. The molecule has 1 N–H and O–H groups in total. The van der Waals surface area contributed by atoms with Crippen LogP contribution in [-0.2, 0) is 19.7 Å². The van der Waals surface area contributed by atoms with E-state index in [1.165, 1.54) is 12.7 Å². The summed E-state index contributed by atoms with van der Waals surface area (Å²) in [5.74, 6) is 0.693. The third-order valence-electron chi connectivity index (χ3n) is 7.77. The number of nitrogens with zero attached hydrogens (tertiary/aromatic N) is 1. The molecule has 3 fully saturated rings. The molecule has 1 aromatic rings. The molecule has 0 saturated carbocycles. The van der Waals surface area contributed by atoms with Gasteiger partial charge in [-0.3, -0.25) is 4.90 Å². The highest BCUT2D eigenvalue weighted by molar-refractivity contribution is 5.94. The van der Waals surface area contributed by atoms with Gasteiger partial charge in [0.15, 0.2) is 0 Å². The molecule has 1 aliphatic carbocycles. The van der Waals surface area contributed by atoms with Crippen LogP contribution in [0.1, 0.15) is 25.3 Å². The first-order valence-corrected chi connectivity index (χ1v) is 9.75. The van der Waals surface area contributed by atoms with Gasteiger partial charge in [0.25, 0.3) is 0 Å².